The van der Waals surface area contributed by atoms with Gasteiger partial charge >= 0.3 is 6.09 Å². The number of carbonyl (C=O) groups excluding carboxylic acids is 2. The van der Waals surface area contributed by atoms with E-state index in [4.69, 9.17) is 9.47 Å². The van der Waals surface area contributed by atoms with Crippen LogP contribution in [0.15, 0.2) is 72.8 Å². The van der Waals surface area contributed by atoms with Crippen LogP contribution in [0.4, 0.5) is 9.18 Å². The topological polar surface area (TPSA) is 55.8 Å². The second-order valence-corrected chi connectivity index (χ2v) is 10.3. The Morgan fingerprint density at radius 3 is 2.11 bits per heavy atom. The summed E-state index contributed by atoms with van der Waals surface area (Å²) in [5, 5.41) is 0. The van der Waals surface area contributed by atoms with Gasteiger partial charge in [-0.05, 0) is 53.1 Å². The van der Waals surface area contributed by atoms with Crippen molar-refractivity contribution in [3.8, 4) is 11.1 Å². The molecule has 0 radical (unpaired) electrons. The molecule has 2 heterocycles. The molecule has 2 unspecified atom stereocenters. The first-order valence-electron chi connectivity index (χ1n) is 13.1. The molecule has 37 heavy (non-hydrogen) atoms. The van der Waals surface area contributed by atoms with Crippen molar-refractivity contribution in [2.75, 3.05) is 19.8 Å². The van der Waals surface area contributed by atoms with Crippen LogP contribution in [0.3, 0.4) is 0 Å². The van der Waals surface area contributed by atoms with Gasteiger partial charge in [0.25, 0.3) is 0 Å². The molecule has 0 aromatic heterocycles. The van der Waals surface area contributed by atoms with Crippen LogP contribution in [0, 0.1) is 11.7 Å². The lowest BCUT2D eigenvalue weighted by molar-refractivity contribution is -0.131. The standard InChI is InChI=1S/C31H30FNO4/c32-29-12-6-1-7-20(29)13-14-30(34)21-15-22-17-36-18-23(16-21)33(22)31(35)37-19-28-26-10-4-2-8-24(26)25-9-3-5-11-27(25)28/h1-12,21-23,28H,13-19H2. The molecule has 2 fully saturated rings. The second-order valence-electron chi connectivity index (χ2n) is 10.3. The Morgan fingerprint density at radius 2 is 1.46 bits per heavy atom. The predicted molar refractivity (Wildman–Crippen MR) is 138 cm³/mol. The highest BCUT2D eigenvalue weighted by atomic mass is 19.1. The molecule has 0 spiro atoms. The third kappa shape index (κ3) is 4.55. The summed E-state index contributed by atoms with van der Waals surface area (Å²) in [5.74, 6) is -0.286. The summed E-state index contributed by atoms with van der Waals surface area (Å²) < 4.78 is 25.7. The van der Waals surface area contributed by atoms with Crippen molar-refractivity contribution in [1.82, 2.24) is 4.90 Å². The molecule has 2 saturated heterocycles. The Balaban J connectivity index is 1.10. The van der Waals surface area contributed by atoms with Crippen LogP contribution < -0.4 is 0 Å². The summed E-state index contributed by atoms with van der Waals surface area (Å²) in [6.07, 6.45) is 1.46. The molecule has 2 atom stereocenters. The van der Waals surface area contributed by atoms with Crippen LogP contribution in [0.2, 0.25) is 0 Å². The van der Waals surface area contributed by atoms with E-state index in [0.29, 0.717) is 44.5 Å². The Hall–Kier alpha value is -3.51. The molecule has 6 heteroatoms. The summed E-state index contributed by atoms with van der Waals surface area (Å²) in [5.41, 5.74) is 5.31. The summed E-state index contributed by atoms with van der Waals surface area (Å²) in [7, 11) is 0. The van der Waals surface area contributed by atoms with E-state index in [2.05, 4.69) is 24.3 Å². The number of hydrogen-bond donors (Lipinski definition) is 0. The van der Waals surface area contributed by atoms with Crippen molar-refractivity contribution in [2.24, 2.45) is 5.92 Å². The molecule has 0 saturated carbocycles. The predicted octanol–water partition coefficient (Wildman–Crippen LogP) is 5.76. The summed E-state index contributed by atoms with van der Waals surface area (Å²) in [6.45, 7) is 1.07. The molecule has 3 aromatic rings. The van der Waals surface area contributed by atoms with E-state index in [1.165, 1.54) is 28.3 Å². The number of rotatable bonds is 6. The van der Waals surface area contributed by atoms with Gasteiger partial charge in [0.2, 0.25) is 0 Å². The fourth-order valence-electron chi connectivity index (χ4n) is 6.31. The van der Waals surface area contributed by atoms with E-state index in [0.717, 1.165) is 0 Å². The average molecular weight is 500 g/mol. The number of nitrogens with zero attached hydrogens (tertiary/aromatic N) is 1. The molecule has 3 aromatic carbocycles. The van der Waals surface area contributed by atoms with Gasteiger partial charge in [0.1, 0.15) is 18.2 Å². The minimum atomic E-state index is -0.336. The molecule has 1 aliphatic carbocycles. The minimum absolute atomic E-state index is 0.00457. The molecule has 0 N–H and O–H groups in total. The number of fused-ring (bicyclic) bond motifs is 5. The van der Waals surface area contributed by atoms with Crippen LogP contribution >= 0.6 is 0 Å². The van der Waals surface area contributed by atoms with Crippen LogP contribution in [-0.2, 0) is 20.7 Å². The molecule has 5 nitrogen and oxygen atoms in total. The zero-order valence-corrected chi connectivity index (χ0v) is 20.6. The van der Waals surface area contributed by atoms with E-state index < -0.39 is 0 Å². The highest BCUT2D eigenvalue weighted by Gasteiger charge is 2.44. The number of ether oxygens (including phenoxy) is 2. The molecule has 6 rings (SSSR count). The van der Waals surface area contributed by atoms with Crippen LogP contribution in [-0.4, -0.2) is 48.7 Å². The molecule has 3 aliphatic rings. The van der Waals surface area contributed by atoms with Crippen molar-refractivity contribution in [3.05, 3.63) is 95.3 Å². The van der Waals surface area contributed by atoms with Gasteiger partial charge < -0.3 is 9.47 Å². The van der Waals surface area contributed by atoms with Gasteiger partial charge in [-0.2, -0.15) is 0 Å². The van der Waals surface area contributed by atoms with Crippen molar-refractivity contribution >= 4 is 11.9 Å². The SMILES string of the molecule is O=C(CCc1ccccc1F)C1CC2COCC(C1)N2C(=O)OCC1c2ccccc2-c2ccccc21. The molecular weight excluding hydrogens is 469 g/mol. The van der Waals surface area contributed by atoms with E-state index in [1.54, 1.807) is 23.1 Å². The number of carbonyl (C=O) groups is 2. The van der Waals surface area contributed by atoms with Crippen molar-refractivity contribution in [2.45, 2.75) is 43.7 Å². The first-order chi connectivity index (χ1) is 18.1. The van der Waals surface area contributed by atoms with Gasteiger partial charge in [0.15, 0.2) is 0 Å². The number of benzene rings is 3. The van der Waals surface area contributed by atoms with Crippen molar-refractivity contribution < 1.29 is 23.5 Å². The lowest BCUT2D eigenvalue weighted by Crippen LogP contribution is -2.60. The molecule has 190 valence electrons. The van der Waals surface area contributed by atoms with Crippen LogP contribution in [0.25, 0.3) is 11.1 Å². The van der Waals surface area contributed by atoms with Gasteiger partial charge in [-0.1, -0.05) is 66.7 Å². The Morgan fingerprint density at radius 1 is 0.865 bits per heavy atom. The quantitative estimate of drug-likeness (QED) is 0.433. The number of aryl methyl sites for hydroxylation is 1. The number of amides is 1. The lowest BCUT2D eigenvalue weighted by Gasteiger charge is -2.47. The lowest BCUT2D eigenvalue weighted by atomic mass is 9.81. The Kier molecular flexibility index (Phi) is 6.51. The van der Waals surface area contributed by atoms with E-state index in [1.807, 2.05) is 24.3 Å². The largest absolute Gasteiger partial charge is 0.448 e. The Bertz CT molecular complexity index is 1260. The van der Waals surface area contributed by atoms with Gasteiger partial charge in [0, 0.05) is 18.3 Å². The maximum Gasteiger partial charge on any atom is 0.410 e. The van der Waals surface area contributed by atoms with E-state index in [-0.39, 0.29) is 48.2 Å². The zero-order valence-electron chi connectivity index (χ0n) is 20.6. The normalized spacial score (nSPS) is 22.3. The summed E-state index contributed by atoms with van der Waals surface area (Å²) in [6, 6.07) is 22.8. The fourth-order valence-corrected chi connectivity index (χ4v) is 6.31. The molecule has 2 bridgehead atoms. The Labute approximate surface area is 216 Å². The molecule has 1 amide bonds. The van der Waals surface area contributed by atoms with Crippen LogP contribution in [0.1, 0.15) is 41.9 Å². The number of hydrogen-bond acceptors (Lipinski definition) is 4. The number of piperidine rings is 1. The smallest absolute Gasteiger partial charge is 0.410 e. The van der Waals surface area contributed by atoms with Gasteiger partial charge in [-0.15, -0.1) is 0 Å². The number of halogens is 1. The third-order valence-corrected chi connectivity index (χ3v) is 8.12. The first-order valence-corrected chi connectivity index (χ1v) is 13.1. The van der Waals surface area contributed by atoms with E-state index in [9.17, 15) is 14.0 Å². The number of Topliss-reactive ketones (excluding diaryl/α,β-unsaturated/α-hetero) is 1. The summed E-state index contributed by atoms with van der Waals surface area (Å²) >= 11 is 0. The van der Waals surface area contributed by atoms with Gasteiger partial charge in [-0.25, -0.2) is 9.18 Å². The maximum atomic E-state index is 14.0. The van der Waals surface area contributed by atoms with Gasteiger partial charge in [-0.3, -0.25) is 9.69 Å². The maximum absolute atomic E-state index is 14.0. The highest BCUT2D eigenvalue weighted by molar-refractivity contribution is 5.82. The average Bonchev–Trinajstić information content (AvgIpc) is 3.24. The van der Waals surface area contributed by atoms with Crippen molar-refractivity contribution in [1.29, 1.82) is 0 Å². The van der Waals surface area contributed by atoms with E-state index >= 15 is 0 Å². The minimum Gasteiger partial charge on any atom is -0.448 e. The summed E-state index contributed by atoms with van der Waals surface area (Å²) in [4.78, 5) is 28.2. The monoisotopic (exact) mass is 499 g/mol. The zero-order chi connectivity index (χ0) is 25.4. The number of ketones is 1. The fraction of sp³-hybridized carbons (Fsp3) is 0.355. The molecular formula is C31H30FNO4. The van der Waals surface area contributed by atoms with Crippen molar-refractivity contribution in [3.63, 3.8) is 0 Å². The third-order valence-electron chi connectivity index (χ3n) is 8.12. The van der Waals surface area contributed by atoms with Gasteiger partial charge in [0.05, 0.1) is 25.3 Å². The second kappa shape index (κ2) is 10.1. The van der Waals surface area contributed by atoms with Crippen LogP contribution in [0.5, 0.6) is 0 Å². The number of morpholine rings is 1. The molecule has 2 aliphatic heterocycles. The first kappa shape index (κ1) is 23.9. The highest BCUT2D eigenvalue weighted by Crippen LogP contribution is 2.44.